The second kappa shape index (κ2) is 10.2. The van der Waals surface area contributed by atoms with E-state index in [1.54, 1.807) is 13.8 Å². The van der Waals surface area contributed by atoms with Gasteiger partial charge in [0.1, 0.15) is 10.6 Å². The van der Waals surface area contributed by atoms with E-state index in [1.165, 1.54) is 9.87 Å². The van der Waals surface area contributed by atoms with Crippen molar-refractivity contribution in [3.63, 3.8) is 0 Å². The summed E-state index contributed by atoms with van der Waals surface area (Å²) < 4.78 is 32.8. The molecule has 9 heteroatoms. The maximum atomic E-state index is 13.2. The first kappa shape index (κ1) is 23.7. The molecular weight excluding hydrogens is 440 g/mol. The summed E-state index contributed by atoms with van der Waals surface area (Å²) in [6.45, 7) is 7.69. The maximum absolute atomic E-state index is 13.2. The molecule has 2 aromatic rings. The summed E-state index contributed by atoms with van der Waals surface area (Å²) in [5.41, 5.74) is 1.54. The number of carbonyl (C=O) groups excluding carboxylic acids is 1. The van der Waals surface area contributed by atoms with Gasteiger partial charge >= 0.3 is 0 Å². The number of sulfonamides is 1. The Morgan fingerprint density at radius 1 is 1.12 bits per heavy atom. The van der Waals surface area contributed by atoms with Gasteiger partial charge in [0.15, 0.2) is 5.76 Å². The van der Waals surface area contributed by atoms with Crippen LogP contribution in [0.3, 0.4) is 0 Å². The molecule has 1 aromatic carbocycles. The molecule has 1 aromatic heterocycles. The number of hydrogen-bond donors (Lipinski definition) is 0. The SMILES string of the molecule is Cc1noc(C)c1S(=O)(=O)N1CCCC(C(=O)N2CCN(C/C=C/c3ccccc3)CC2)C1. The highest BCUT2D eigenvalue weighted by atomic mass is 32.2. The van der Waals surface area contributed by atoms with Crippen LogP contribution in [0.5, 0.6) is 0 Å². The third-order valence-electron chi connectivity index (χ3n) is 6.46. The van der Waals surface area contributed by atoms with Crippen LogP contribution in [0.25, 0.3) is 6.08 Å². The fourth-order valence-corrected chi connectivity index (χ4v) is 6.46. The predicted octanol–water partition coefficient (Wildman–Crippen LogP) is 2.55. The number of benzene rings is 1. The van der Waals surface area contributed by atoms with E-state index in [2.05, 4.69) is 34.3 Å². The summed E-state index contributed by atoms with van der Waals surface area (Å²) >= 11 is 0. The Kier molecular flexibility index (Phi) is 7.31. The van der Waals surface area contributed by atoms with Gasteiger partial charge in [-0.25, -0.2) is 8.42 Å². The van der Waals surface area contributed by atoms with Gasteiger partial charge in [-0.05, 0) is 32.3 Å². The highest BCUT2D eigenvalue weighted by Crippen LogP contribution is 2.28. The molecule has 0 spiro atoms. The lowest BCUT2D eigenvalue weighted by Crippen LogP contribution is -2.53. The monoisotopic (exact) mass is 472 g/mol. The topological polar surface area (TPSA) is 87.0 Å². The zero-order valence-corrected chi connectivity index (χ0v) is 20.1. The average molecular weight is 473 g/mol. The van der Waals surface area contributed by atoms with Gasteiger partial charge < -0.3 is 9.42 Å². The van der Waals surface area contributed by atoms with Crippen LogP contribution in [-0.4, -0.2) is 79.4 Å². The number of hydrogen-bond acceptors (Lipinski definition) is 6. The summed E-state index contributed by atoms with van der Waals surface area (Å²) in [5, 5.41) is 3.78. The Morgan fingerprint density at radius 2 is 1.85 bits per heavy atom. The lowest BCUT2D eigenvalue weighted by Gasteiger charge is -2.38. The number of carbonyl (C=O) groups is 1. The van der Waals surface area contributed by atoms with E-state index in [9.17, 15) is 13.2 Å². The molecule has 0 aliphatic carbocycles. The zero-order valence-electron chi connectivity index (χ0n) is 19.3. The van der Waals surface area contributed by atoms with Crippen LogP contribution in [0.4, 0.5) is 0 Å². The lowest BCUT2D eigenvalue weighted by molar-refractivity contribution is -0.138. The van der Waals surface area contributed by atoms with Crippen LogP contribution >= 0.6 is 0 Å². The number of nitrogens with zero attached hydrogens (tertiary/aromatic N) is 4. The second-order valence-electron chi connectivity index (χ2n) is 8.79. The fourth-order valence-electron chi connectivity index (χ4n) is 4.65. The predicted molar refractivity (Wildman–Crippen MR) is 126 cm³/mol. The minimum Gasteiger partial charge on any atom is -0.360 e. The number of piperazine rings is 1. The first-order valence-electron chi connectivity index (χ1n) is 11.5. The molecule has 0 N–H and O–H groups in total. The van der Waals surface area contributed by atoms with E-state index in [4.69, 9.17) is 4.52 Å². The van der Waals surface area contributed by atoms with Crippen molar-refractivity contribution in [2.45, 2.75) is 31.6 Å². The first-order chi connectivity index (χ1) is 15.9. The molecule has 2 aliphatic heterocycles. The quantitative estimate of drug-likeness (QED) is 0.642. The largest absolute Gasteiger partial charge is 0.360 e. The molecule has 3 heterocycles. The molecule has 1 amide bonds. The van der Waals surface area contributed by atoms with Crippen LogP contribution in [0.2, 0.25) is 0 Å². The molecule has 4 rings (SSSR count). The van der Waals surface area contributed by atoms with Crippen molar-refractivity contribution in [2.75, 3.05) is 45.8 Å². The number of piperidine rings is 1. The minimum atomic E-state index is -3.73. The molecular formula is C24H32N4O4S. The lowest BCUT2D eigenvalue weighted by atomic mass is 9.98. The molecule has 0 saturated carbocycles. The van der Waals surface area contributed by atoms with Crippen molar-refractivity contribution in [2.24, 2.45) is 5.92 Å². The third-order valence-corrected chi connectivity index (χ3v) is 8.57. The highest BCUT2D eigenvalue weighted by molar-refractivity contribution is 7.89. The zero-order chi connectivity index (χ0) is 23.4. The molecule has 2 fully saturated rings. The molecule has 178 valence electrons. The van der Waals surface area contributed by atoms with Crippen molar-refractivity contribution in [1.82, 2.24) is 19.3 Å². The number of aromatic nitrogens is 1. The van der Waals surface area contributed by atoms with E-state index in [-0.39, 0.29) is 23.3 Å². The molecule has 0 radical (unpaired) electrons. The van der Waals surface area contributed by atoms with Crippen molar-refractivity contribution in [3.8, 4) is 0 Å². The minimum absolute atomic E-state index is 0.0631. The standard InChI is InChI=1S/C24H32N4O4S/c1-19-23(20(2)32-25-19)33(30,31)28-13-7-11-22(18-28)24(29)27-16-14-26(15-17-27)12-6-10-21-8-4-3-5-9-21/h3-6,8-10,22H,7,11-18H2,1-2H3/b10-6+. The normalized spacial score (nSPS) is 21.0. The van der Waals surface area contributed by atoms with E-state index in [0.29, 0.717) is 43.9 Å². The number of amides is 1. The fraction of sp³-hybridized carbons (Fsp3) is 0.500. The summed E-state index contributed by atoms with van der Waals surface area (Å²) in [6, 6.07) is 10.2. The van der Waals surface area contributed by atoms with E-state index in [1.807, 2.05) is 23.1 Å². The Hall–Kier alpha value is -2.49. The van der Waals surface area contributed by atoms with E-state index < -0.39 is 10.0 Å². The van der Waals surface area contributed by atoms with Crippen LogP contribution in [0.15, 0.2) is 45.8 Å². The molecule has 2 aliphatic rings. The average Bonchev–Trinajstić information content (AvgIpc) is 3.18. The molecule has 8 nitrogen and oxygen atoms in total. The van der Waals surface area contributed by atoms with Gasteiger partial charge in [-0.2, -0.15) is 4.31 Å². The van der Waals surface area contributed by atoms with Gasteiger partial charge in [0.05, 0.1) is 5.92 Å². The molecule has 33 heavy (non-hydrogen) atoms. The van der Waals surface area contributed by atoms with Crippen molar-refractivity contribution in [1.29, 1.82) is 0 Å². The second-order valence-corrected chi connectivity index (χ2v) is 10.7. The summed E-state index contributed by atoms with van der Waals surface area (Å²) in [5.74, 6) is 0.0463. The van der Waals surface area contributed by atoms with Gasteiger partial charge in [-0.3, -0.25) is 9.69 Å². The Balaban J connectivity index is 1.31. The van der Waals surface area contributed by atoms with E-state index >= 15 is 0 Å². The summed E-state index contributed by atoms with van der Waals surface area (Å²) in [6.07, 6.45) is 5.66. The van der Waals surface area contributed by atoms with E-state index in [0.717, 1.165) is 19.6 Å². The van der Waals surface area contributed by atoms with Crippen LogP contribution in [-0.2, 0) is 14.8 Å². The Bertz CT molecular complexity index is 1070. The van der Waals surface area contributed by atoms with Crippen LogP contribution in [0, 0.1) is 19.8 Å². The Labute approximate surface area is 195 Å². The summed E-state index contributed by atoms with van der Waals surface area (Å²) in [7, 11) is -3.73. The first-order valence-corrected chi connectivity index (χ1v) is 13.0. The van der Waals surface area contributed by atoms with Gasteiger partial charge in [0, 0.05) is 45.8 Å². The van der Waals surface area contributed by atoms with Gasteiger partial charge in [-0.15, -0.1) is 0 Å². The number of aryl methyl sites for hydroxylation is 2. The van der Waals surface area contributed by atoms with Crippen molar-refractivity contribution in [3.05, 3.63) is 53.4 Å². The van der Waals surface area contributed by atoms with Gasteiger partial charge in [-0.1, -0.05) is 47.6 Å². The molecule has 2 saturated heterocycles. The molecule has 0 bridgehead atoms. The van der Waals surface area contributed by atoms with Crippen LogP contribution < -0.4 is 0 Å². The highest BCUT2D eigenvalue weighted by Gasteiger charge is 2.38. The summed E-state index contributed by atoms with van der Waals surface area (Å²) in [4.78, 5) is 17.6. The van der Waals surface area contributed by atoms with Gasteiger partial charge in [0.25, 0.3) is 0 Å². The molecule has 1 atom stereocenters. The Morgan fingerprint density at radius 3 is 2.52 bits per heavy atom. The third kappa shape index (κ3) is 5.37. The van der Waals surface area contributed by atoms with Crippen LogP contribution in [0.1, 0.15) is 29.9 Å². The smallest absolute Gasteiger partial charge is 0.248 e. The number of rotatable bonds is 6. The van der Waals surface area contributed by atoms with Crippen molar-refractivity contribution < 1.29 is 17.7 Å². The van der Waals surface area contributed by atoms with Crippen molar-refractivity contribution >= 4 is 22.0 Å². The maximum Gasteiger partial charge on any atom is 0.248 e. The molecule has 1 unspecified atom stereocenters. The van der Waals surface area contributed by atoms with Gasteiger partial charge in [0.2, 0.25) is 15.9 Å².